The van der Waals surface area contributed by atoms with Gasteiger partial charge in [-0.15, -0.1) is 0 Å². The molecule has 0 bridgehead atoms. The highest BCUT2D eigenvalue weighted by molar-refractivity contribution is 7.80. The first-order valence-corrected chi connectivity index (χ1v) is 8.79. The molecule has 0 saturated carbocycles. The molecule has 0 amide bonds. The van der Waals surface area contributed by atoms with Crippen LogP contribution in [0.25, 0.3) is 0 Å². The van der Waals surface area contributed by atoms with Gasteiger partial charge in [-0.2, -0.15) is 5.10 Å². The third-order valence-electron chi connectivity index (χ3n) is 3.39. The third kappa shape index (κ3) is 6.03. The molecule has 25 heavy (non-hydrogen) atoms. The average molecular weight is 381 g/mol. The van der Waals surface area contributed by atoms with Crippen LogP contribution in [0.3, 0.4) is 0 Å². The predicted octanol–water partition coefficient (Wildman–Crippen LogP) is 3.40. The minimum atomic E-state index is -0.330. The standard InChI is InChI=1S/C17H21ClN4O2S/c1-3-24-16(23)13-5-7-14(8-6-13)20-17(25)19-9-4-10-22-11-15(18)12(2)21-22/h5-8,11H,3-4,9-10H2,1-2H3,(H2,19,20,25). The Bertz CT molecular complexity index is 711. The summed E-state index contributed by atoms with van der Waals surface area (Å²) in [5.41, 5.74) is 2.15. The Kier molecular flexibility index (Phi) is 7.21. The molecule has 2 rings (SSSR count). The van der Waals surface area contributed by atoms with E-state index in [0.717, 1.165) is 24.3 Å². The quantitative estimate of drug-likeness (QED) is 0.436. The lowest BCUT2D eigenvalue weighted by Crippen LogP contribution is -2.29. The van der Waals surface area contributed by atoms with E-state index < -0.39 is 0 Å². The lowest BCUT2D eigenvalue weighted by molar-refractivity contribution is 0.0526. The number of anilines is 1. The van der Waals surface area contributed by atoms with E-state index in [0.29, 0.717) is 28.9 Å². The van der Waals surface area contributed by atoms with Crippen molar-refractivity contribution in [2.75, 3.05) is 18.5 Å². The van der Waals surface area contributed by atoms with Crippen molar-refractivity contribution >= 4 is 40.6 Å². The second-order valence-electron chi connectivity index (χ2n) is 5.36. The molecule has 1 aromatic heterocycles. The topological polar surface area (TPSA) is 68.2 Å². The summed E-state index contributed by atoms with van der Waals surface area (Å²) >= 11 is 11.2. The molecular formula is C17H21ClN4O2S. The highest BCUT2D eigenvalue weighted by Gasteiger charge is 2.06. The number of thiocarbonyl (C=S) groups is 1. The van der Waals surface area contributed by atoms with Gasteiger partial charge in [0, 0.05) is 25.0 Å². The number of halogens is 1. The number of carbonyl (C=O) groups is 1. The minimum absolute atomic E-state index is 0.330. The molecule has 1 aromatic carbocycles. The molecule has 0 unspecified atom stereocenters. The van der Waals surface area contributed by atoms with Crippen molar-refractivity contribution in [3.05, 3.63) is 46.7 Å². The molecule has 0 fully saturated rings. The Morgan fingerprint density at radius 1 is 1.36 bits per heavy atom. The second-order valence-corrected chi connectivity index (χ2v) is 6.17. The van der Waals surface area contributed by atoms with Gasteiger partial charge in [0.2, 0.25) is 0 Å². The number of aryl methyl sites for hydroxylation is 2. The van der Waals surface area contributed by atoms with Gasteiger partial charge in [0.05, 0.1) is 22.9 Å². The van der Waals surface area contributed by atoms with E-state index in [-0.39, 0.29) is 5.97 Å². The van der Waals surface area contributed by atoms with Gasteiger partial charge in [0.1, 0.15) is 0 Å². The number of aromatic nitrogens is 2. The first kappa shape index (κ1) is 19.2. The molecule has 0 aliphatic rings. The summed E-state index contributed by atoms with van der Waals surface area (Å²) in [4.78, 5) is 11.6. The highest BCUT2D eigenvalue weighted by Crippen LogP contribution is 2.12. The fraction of sp³-hybridized carbons (Fsp3) is 0.353. The molecule has 0 aliphatic carbocycles. The predicted molar refractivity (Wildman–Crippen MR) is 103 cm³/mol. The van der Waals surface area contributed by atoms with Crippen molar-refractivity contribution in [3.8, 4) is 0 Å². The normalized spacial score (nSPS) is 10.4. The van der Waals surface area contributed by atoms with Gasteiger partial charge >= 0.3 is 5.97 Å². The second kappa shape index (κ2) is 9.39. The first-order chi connectivity index (χ1) is 12.0. The Labute approximate surface area is 157 Å². The Morgan fingerprint density at radius 3 is 2.68 bits per heavy atom. The van der Waals surface area contributed by atoms with Crippen LogP contribution in [0.1, 0.15) is 29.4 Å². The smallest absolute Gasteiger partial charge is 0.338 e. The largest absolute Gasteiger partial charge is 0.462 e. The summed E-state index contributed by atoms with van der Waals surface area (Å²) in [5.74, 6) is -0.330. The monoisotopic (exact) mass is 380 g/mol. The molecular weight excluding hydrogens is 360 g/mol. The zero-order chi connectivity index (χ0) is 18.2. The Balaban J connectivity index is 1.72. The molecule has 6 nitrogen and oxygen atoms in total. The van der Waals surface area contributed by atoms with Gasteiger partial charge in [0.15, 0.2) is 5.11 Å². The summed E-state index contributed by atoms with van der Waals surface area (Å²) in [6, 6.07) is 6.98. The van der Waals surface area contributed by atoms with Gasteiger partial charge in [-0.3, -0.25) is 4.68 Å². The van der Waals surface area contributed by atoms with E-state index in [1.165, 1.54) is 0 Å². The van der Waals surface area contributed by atoms with Crippen molar-refractivity contribution in [3.63, 3.8) is 0 Å². The summed E-state index contributed by atoms with van der Waals surface area (Å²) < 4.78 is 6.77. The van der Waals surface area contributed by atoms with Crippen LogP contribution in [0.4, 0.5) is 5.69 Å². The molecule has 0 atom stereocenters. The number of benzene rings is 1. The van der Waals surface area contributed by atoms with Crippen LogP contribution in [-0.4, -0.2) is 34.0 Å². The Morgan fingerprint density at radius 2 is 2.08 bits per heavy atom. The van der Waals surface area contributed by atoms with E-state index in [1.54, 1.807) is 31.2 Å². The maximum atomic E-state index is 11.6. The van der Waals surface area contributed by atoms with Crippen LogP contribution in [0.15, 0.2) is 30.5 Å². The van der Waals surface area contributed by atoms with E-state index in [1.807, 2.05) is 17.8 Å². The number of esters is 1. The van der Waals surface area contributed by atoms with E-state index in [9.17, 15) is 4.79 Å². The van der Waals surface area contributed by atoms with Gasteiger partial charge in [-0.05, 0) is 56.8 Å². The van der Waals surface area contributed by atoms with Crippen molar-refractivity contribution in [2.24, 2.45) is 0 Å². The molecule has 8 heteroatoms. The number of rotatable bonds is 7. The summed E-state index contributed by atoms with van der Waals surface area (Å²) in [7, 11) is 0. The fourth-order valence-corrected chi connectivity index (χ4v) is 2.50. The van der Waals surface area contributed by atoms with Crippen molar-refractivity contribution in [1.29, 1.82) is 0 Å². The highest BCUT2D eigenvalue weighted by atomic mass is 35.5. The first-order valence-electron chi connectivity index (χ1n) is 8.01. The lowest BCUT2D eigenvalue weighted by Gasteiger charge is -2.11. The van der Waals surface area contributed by atoms with E-state index >= 15 is 0 Å². The van der Waals surface area contributed by atoms with E-state index in [2.05, 4.69) is 15.7 Å². The van der Waals surface area contributed by atoms with Crippen LogP contribution in [0, 0.1) is 6.92 Å². The number of hydrogen-bond donors (Lipinski definition) is 2. The third-order valence-corrected chi connectivity index (χ3v) is 4.01. The van der Waals surface area contributed by atoms with Crippen molar-refractivity contribution < 1.29 is 9.53 Å². The summed E-state index contributed by atoms with van der Waals surface area (Å²) in [5, 5.41) is 11.7. The van der Waals surface area contributed by atoms with Crippen LogP contribution >= 0.6 is 23.8 Å². The number of hydrogen-bond acceptors (Lipinski definition) is 4. The molecule has 0 spiro atoms. The maximum absolute atomic E-state index is 11.6. The SMILES string of the molecule is CCOC(=O)c1ccc(NC(=S)NCCCn2cc(Cl)c(C)n2)cc1. The number of nitrogens with one attached hydrogen (secondary N) is 2. The van der Waals surface area contributed by atoms with Gasteiger partial charge in [-0.25, -0.2) is 4.79 Å². The summed E-state index contributed by atoms with van der Waals surface area (Å²) in [6.45, 7) is 5.49. The van der Waals surface area contributed by atoms with Gasteiger partial charge in [-0.1, -0.05) is 11.6 Å². The zero-order valence-corrected chi connectivity index (χ0v) is 15.8. The van der Waals surface area contributed by atoms with Crippen LogP contribution in [0.2, 0.25) is 5.02 Å². The maximum Gasteiger partial charge on any atom is 0.338 e. The Hall–Kier alpha value is -2.12. The van der Waals surface area contributed by atoms with Crippen molar-refractivity contribution in [2.45, 2.75) is 26.8 Å². The molecule has 0 aliphatic heterocycles. The van der Waals surface area contributed by atoms with E-state index in [4.69, 9.17) is 28.6 Å². The summed E-state index contributed by atoms with van der Waals surface area (Å²) in [6.07, 6.45) is 2.68. The zero-order valence-electron chi connectivity index (χ0n) is 14.2. The average Bonchev–Trinajstić information content (AvgIpc) is 2.90. The minimum Gasteiger partial charge on any atom is -0.462 e. The number of carbonyl (C=O) groups excluding carboxylic acids is 1. The molecule has 0 radical (unpaired) electrons. The number of ether oxygens (including phenoxy) is 1. The van der Waals surface area contributed by atoms with Gasteiger partial charge in [0.25, 0.3) is 0 Å². The fourth-order valence-electron chi connectivity index (χ4n) is 2.13. The molecule has 134 valence electrons. The molecule has 0 saturated heterocycles. The molecule has 2 N–H and O–H groups in total. The lowest BCUT2D eigenvalue weighted by atomic mass is 10.2. The molecule has 2 aromatic rings. The van der Waals surface area contributed by atoms with Crippen LogP contribution in [-0.2, 0) is 11.3 Å². The van der Waals surface area contributed by atoms with Crippen LogP contribution < -0.4 is 10.6 Å². The van der Waals surface area contributed by atoms with Gasteiger partial charge < -0.3 is 15.4 Å². The van der Waals surface area contributed by atoms with Crippen LogP contribution in [0.5, 0.6) is 0 Å². The number of nitrogens with zero attached hydrogens (tertiary/aromatic N) is 2. The van der Waals surface area contributed by atoms with Crippen molar-refractivity contribution in [1.82, 2.24) is 15.1 Å². The molecule has 1 heterocycles.